The van der Waals surface area contributed by atoms with Crippen LogP contribution in [0.15, 0.2) is 0 Å². The fraction of sp³-hybridized carbons (Fsp3) is 0.824. The molecule has 1 fully saturated rings. The van der Waals surface area contributed by atoms with Crippen molar-refractivity contribution in [3.63, 3.8) is 0 Å². The Balaban J connectivity index is 1.99. The zero-order chi connectivity index (χ0) is 15.6. The Labute approximate surface area is 128 Å². The van der Waals surface area contributed by atoms with Crippen molar-refractivity contribution in [3.05, 3.63) is 17.0 Å². The van der Waals surface area contributed by atoms with Crippen LogP contribution in [0, 0.1) is 19.8 Å². The van der Waals surface area contributed by atoms with Crippen molar-refractivity contribution < 1.29 is 5.11 Å². The molecule has 0 radical (unpaired) electrons. The van der Waals surface area contributed by atoms with E-state index in [-0.39, 0.29) is 6.04 Å². The van der Waals surface area contributed by atoms with E-state index in [1.165, 1.54) is 11.3 Å². The van der Waals surface area contributed by atoms with Gasteiger partial charge in [0.1, 0.15) is 0 Å². The highest BCUT2D eigenvalue weighted by atomic mass is 16.3. The van der Waals surface area contributed by atoms with Crippen LogP contribution in [-0.2, 0) is 6.54 Å². The topological polar surface area (TPSA) is 50.1 Å². The number of nitrogens with zero attached hydrogens (tertiary/aromatic N) is 2. The molecule has 1 saturated carbocycles. The van der Waals surface area contributed by atoms with E-state index in [4.69, 9.17) is 0 Å². The van der Waals surface area contributed by atoms with E-state index in [0.29, 0.717) is 6.54 Å². The zero-order valence-corrected chi connectivity index (χ0v) is 14.2. The number of hydrogen-bond acceptors (Lipinski definition) is 3. The van der Waals surface area contributed by atoms with Gasteiger partial charge < -0.3 is 10.4 Å². The molecule has 0 bridgehead atoms. The number of aromatic nitrogens is 2. The molecule has 2 N–H and O–H groups in total. The average Bonchev–Trinajstić information content (AvgIpc) is 2.74. The van der Waals surface area contributed by atoms with Crippen molar-refractivity contribution in [2.45, 2.75) is 78.5 Å². The lowest BCUT2D eigenvalue weighted by atomic mass is 9.79. The van der Waals surface area contributed by atoms with Crippen molar-refractivity contribution in [2.75, 3.05) is 6.54 Å². The molecule has 1 aliphatic rings. The molecule has 21 heavy (non-hydrogen) atoms. The third-order valence-electron chi connectivity index (χ3n) is 5.11. The van der Waals surface area contributed by atoms with Crippen LogP contribution in [0.4, 0.5) is 0 Å². The van der Waals surface area contributed by atoms with Crippen molar-refractivity contribution in [3.8, 4) is 0 Å². The van der Waals surface area contributed by atoms with Gasteiger partial charge in [-0.2, -0.15) is 5.10 Å². The molecule has 1 aromatic heterocycles. The number of rotatable bonds is 5. The number of aryl methyl sites for hydroxylation is 2. The minimum atomic E-state index is -0.524. The lowest BCUT2D eigenvalue weighted by molar-refractivity contribution is -0.00786. The van der Waals surface area contributed by atoms with Gasteiger partial charge in [0.05, 0.1) is 11.3 Å². The summed E-state index contributed by atoms with van der Waals surface area (Å²) in [6, 6.07) is 0.230. The quantitative estimate of drug-likeness (QED) is 0.877. The van der Waals surface area contributed by atoms with Gasteiger partial charge in [-0.3, -0.25) is 4.68 Å². The van der Waals surface area contributed by atoms with E-state index in [0.717, 1.165) is 43.8 Å². The molecule has 1 unspecified atom stereocenters. The summed E-state index contributed by atoms with van der Waals surface area (Å²) < 4.78 is 2.06. The van der Waals surface area contributed by atoms with Gasteiger partial charge in [-0.1, -0.05) is 6.92 Å². The number of aliphatic hydroxyl groups is 1. The molecule has 1 aromatic rings. The fourth-order valence-corrected chi connectivity index (χ4v) is 3.57. The van der Waals surface area contributed by atoms with E-state index in [9.17, 15) is 5.11 Å². The molecule has 1 heterocycles. The molecule has 0 spiro atoms. The maximum atomic E-state index is 10.7. The van der Waals surface area contributed by atoms with Gasteiger partial charge >= 0.3 is 0 Å². The summed E-state index contributed by atoms with van der Waals surface area (Å²) in [6.45, 7) is 12.4. The molecule has 0 aliphatic heterocycles. The third-order valence-corrected chi connectivity index (χ3v) is 5.11. The summed E-state index contributed by atoms with van der Waals surface area (Å²) >= 11 is 0. The largest absolute Gasteiger partial charge is 0.389 e. The van der Waals surface area contributed by atoms with Crippen LogP contribution in [0.2, 0.25) is 0 Å². The first kappa shape index (κ1) is 16.5. The highest BCUT2D eigenvalue weighted by molar-refractivity contribution is 5.27. The monoisotopic (exact) mass is 293 g/mol. The molecular formula is C17H31N3O. The summed E-state index contributed by atoms with van der Waals surface area (Å²) in [7, 11) is 0. The minimum absolute atomic E-state index is 0.230. The van der Waals surface area contributed by atoms with Crippen LogP contribution in [0.3, 0.4) is 0 Å². The summed E-state index contributed by atoms with van der Waals surface area (Å²) in [5, 5.41) is 18.8. The number of nitrogens with one attached hydrogen (secondary N) is 1. The van der Waals surface area contributed by atoms with Crippen LogP contribution in [0.25, 0.3) is 0 Å². The van der Waals surface area contributed by atoms with Crippen LogP contribution in [-0.4, -0.2) is 27.0 Å². The Hall–Kier alpha value is -0.870. The first-order chi connectivity index (χ1) is 9.86. The van der Waals surface area contributed by atoms with Crippen molar-refractivity contribution in [1.29, 1.82) is 0 Å². The fourth-order valence-electron chi connectivity index (χ4n) is 3.57. The van der Waals surface area contributed by atoms with Gasteiger partial charge in [0.15, 0.2) is 0 Å². The normalized spacial score (nSPS) is 27.8. The molecule has 4 nitrogen and oxygen atoms in total. The Morgan fingerprint density at radius 3 is 2.52 bits per heavy atom. The van der Waals surface area contributed by atoms with Crippen LogP contribution < -0.4 is 5.32 Å². The van der Waals surface area contributed by atoms with Gasteiger partial charge in [-0.05, 0) is 59.3 Å². The van der Waals surface area contributed by atoms with Gasteiger partial charge in [0, 0.05) is 30.4 Å². The maximum absolute atomic E-state index is 10.7. The van der Waals surface area contributed by atoms with E-state index >= 15 is 0 Å². The zero-order valence-electron chi connectivity index (χ0n) is 14.2. The van der Waals surface area contributed by atoms with Gasteiger partial charge in [0.25, 0.3) is 0 Å². The van der Waals surface area contributed by atoms with Gasteiger partial charge in [-0.25, -0.2) is 0 Å². The Bertz CT molecular complexity index is 473. The van der Waals surface area contributed by atoms with Crippen LogP contribution in [0.5, 0.6) is 0 Å². The molecule has 1 aliphatic carbocycles. The van der Waals surface area contributed by atoms with Crippen molar-refractivity contribution in [2.24, 2.45) is 5.92 Å². The molecule has 4 heteroatoms. The Morgan fingerprint density at radius 1 is 1.38 bits per heavy atom. The first-order valence-electron chi connectivity index (χ1n) is 8.36. The first-order valence-corrected chi connectivity index (χ1v) is 8.36. The molecule has 0 saturated heterocycles. The summed E-state index contributed by atoms with van der Waals surface area (Å²) in [4.78, 5) is 0. The lowest BCUT2D eigenvalue weighted by Crippen LogP contribution is -2.44. The molecular weight excluding hydrogens is 262 g/mol. The molecule has 120 valence electrons. The lowest BCUT2D eigenvalue weighted by Gasteiger charge is -2.36. The smallest absolute Gasteiger partial charge is 0.0772 e. The second-order valence-corrected chi connectivity index (χ2v) is 6.91. The summed E-state index contributed by atoms with van der Waals surface area (Å²) in [5.74, 6) is 0.759. The predicted octanol–water partition coefficient (Wildman–Crippen LogP) is 3.11. The standard InChI is InChI=1S/C17H31N3O/c1-6-20-15(5)16(14(4)19-20)13(3)18-11-17(21)9-7-12(2)8-10-17/h12-13,18,21H,6-11H2,1-5H3. The highest BCUT2D eigenvalue weighted by Crippen LogP contribution is 2.32. The third kappa shape index (κ3) is 3.67. The molecule has 2 rings (SSSR count). The van der Waals surface area contributed by atoms with E-state index in [1.54, 1.807) is 0 Å². The average molecular weight is 293 g/mol. The summed E-state index contributed by atoms with van der Waals surface area (Å²) in [5.41, 5.74) is 3.09. The van der Waals surface area contributed by atoms with E-state index < -0.39 is 5.60 Å². The second-order valence-electron chi connectivity index (χ2n) is 6.91. The molecule has 1 atom stereocenters. The van der Waals surface area contributed by atoms with Crippen molar-refractivity contribution >= 4 is 0 Å². The van der Waals surface area contributed by atoms with Gasteiger partial charge in [-0.15, -0.1) is 0 Å². The SMILES string of the molecule is CCn1nc(C)c(C(C)NCC2(O)CCC(C)CC2)c1C. The van der Waals surface area contributed by atoms with Crippen LogP contribution >= 0.6 is 0 Å². The number of hydrogen-bond donors (Lipinski definition) is 2. The highest BCUT2D eigenvalue weighted by Gasteiger charge is 2.32. The predicted molar refractivity (Wildman–Crippen MR) is 86.4 cm³/mol. The van der Waals surface area contributed by atoms with Crippen LogP contribution in [0.1, 0.15) is 69.4 Å². The second kappa shape index (κ2) is 6.49. The molecule has 0 amide bonds. The van der Waals surface area contributed by atoms with Gasteiger partial charge in [0.2, 0.25) is 0 Å². The Morgan fingerprint density at radius 2 is 2.00 bits per heavy atom. The maximum Gasteiger partial charge on any atom is 0.0772 e. The van der Waals surface area contributed by atoms with E-state index in [2.05, 4.69) is 49.7 Å². The minimum Gasteiger partial charge on any atom is -0.389 e. The summed E-state index contributed by atoms with van der Waals surface area (Å²) in [6.07, 6.45) is 4.11. The Kier molecular flexibility index (Phi) is 5.10. The van der Waals surface area contributed by atoms with Crippen molar-refractivity contribution in [1.82, 2.24) is 15.1 Å². The molecule has 0 aromatic carbocycles. The van der Waals surface area contributed by atoms with E-state index in [1.807, 2.05) is 0 Å².